The second-order valence-corrected chi connectivity index (χ2v) is 9.25. The number of carbonyl (C=O) groups excluding carboxylic acids is 4. The van der Waals surface area contributed by atoms with E-state index in [0.29, 0.717) is 18.4 Å². The molecule has 1 aromatic carbocycles. The van der Waals surface area contributed by atoms with Crippen molar-refractivity contribution in [2.45, 2.75) is 70.1 Å². The van der Waals surface area contributed by atoms with Gasteiger partial charge in [0.05, 0.1) is 12.5 Å². The van der Waals surface area contributed by atoms with E-state index in [4.69, 9.17) is 22.9 Å². The van der Waals surface area contributed by atoms with Crippen molar-refractivity contribution in [3.05, 3.63) is 35.9 Å². The number of hydrogen-bond acceptors (Lipinski definition) is 7. The maximum absolute atomic E-state index is 13.3. The normalized spacial score (nSPS) is 14.5. The number of rotatable bonds is 17. The van der Waals surface area contributed by atoms with Crippen molar-refractivity contribution in [1.82, 2.24) is 16.0 Å². The Hall–Kier alpha value is -4.20. The lowest BCUT2D eigenvalue weighted by atomic mass is 9.96. The van der Waals surface area contributed by atoms with Gasteiger partial charge in [0.15, 0.2) is 5.96 Å². The van der Waals surface area contributed by atoms with E-state index in [1.807, 2.05) is 6.92 Å². The number of aliphatic imine (C=N–C) groups is 1. The largest absolute Gasteiger partial charge is 0.480 e. The maximum atomic E-state index is 13.3. The lowest BCUT2D eigenvalue weighted by molar-refractivity contribution is -0.142. The molecule has 0 aliphatic heterocycles. The zero-order valence-corrected chi connectivity index (χ0v) is 22.3. The number of carboxylic acid groups (broad SMARTS) is 1. The summed E-state index contributed by atoms with van der Waals surface area (Å²) in [5.41, 5.74) is 22.1. The third kappa shape index (κ3) is 12.3. The van der Waals surface area contributed by atoms with Gasteiger partial charge in [0, 0.05) is 13.0 Å². The molecule has 0 saturated heterocycles. The molecule has 0 spiro atoms. The topological polar surface area (TPSA) is 258 Å². The summed E-state index contributed by atoms with van der Waals surface area (Å²) in [6, 6.07) is 4.08. The van der Waals surface area contributed by atoms with E-state index in [0.717, 1.165) is 0 Å². The van der Waals surface area contributed by atoms with Crippen LogP contribution in [-0.2, 0) is 30.4 Å². The Morgan fingerprint density at radius 2 is 1.54 bits per heavy atom. The van der Waals surface area contributed by atoms with Gasteiger partial charge in [-0.15, -0.1) is 0 Å². The highest BCUT2D eigenvalue weighted by molar-refractivity contribution is 5.95. The average Bonchev–Trinajstić information content (AvgIpc) is 2.87. The number of nitrogens with zero attached hydrogens (tertiary/aromatic N) is 1. The summed E-state index contributed by atoms with van der Waals surface area (Å²) >= 11 is 0. The molecule has 14 heteroatoms. The van der Waals surface area contributed by atoms with Gasteiger partial charge in [-0.3, -0.25) is 24.2 Å². The zero-order chi connectivity index (χ0) is 29.5. The van der Waals surface area contributed by atoms with E-state index in [-0.39, 0.29) is 31.3 Å². The lowest BCUT2D eigenvalue weighted by Gasteiger charge is -2.28. The lowest BCUT2D eigenvalue weighted by Crippen LogP contribution is -2.59. The predicted octanol–water partition coefficient (Wildman–Crippen LogP) is -1.93. The van der Waals surface area contributed by atoms with Crippen LogP contribution in [0.5, 0.6) is 0 Å². The molecule has 39 heavy (non-hydrogen) atoms. The monoisotopic (exact) mass is 548 g/mol. The number of hydrogen-bond donors (Lipinski definition) is 8. The number of nitrogens with one attached hydrogen (secondary N) is 3. The smallest absolute Gasteiger partial charge is 0.326 e. The standard InChI is InChI=1S/C25H40N8O6/c1-3-14(2)20(33-21(35)16(26)13-19(27)34)23(37)32-18(12-15-8-5-4-6-9-15)22(36)31-17(24(38)39)10-7-11-30-25(28)29/h4-6,8-9,14,16-18,20H,3,7,10-13,26H2,1-2H3,(H2,27,34)(H,31,36)(H,32,37)(H,33,35)(H,38,39)(H4,28,29,30). The Balaban J connectivity index is 3.12. The summed E-state index contributed by atoms with van der Waals surface area (Å²) in [6.07, 6.45) is 0.488. The summed E-state index contributed by atoms with van der Waals surface area (Å²) in [7, 11) is 0. The van der Waals surface area contributed by atoms with Crippen LogP contribution in [0.3, 0.4) is 0 Å². The molecule has 0 radical (unpaired) electrons. The molecule has 0 aromatic heterocycles. The van der Waals surface area contributed by atoms with Gasteiger partial charge in [0.2, 0.25) is 23.6 Å². The van der Waals surface area contributed by atoms with Gasteiger partial charge < -0.3 is 44.0 Å². The predicted molar refractivity (Wildman–Crippen MR) is 145 cm³/mol. The first-order chi connectivity index (χ1) is 18.3. The van der Waals surface area contributed by atoms with E-state index < -0.39 is 60.2 Å². The Kier molecular flexibility index (Phi) is 14.0. The fourth-order valence-corrected chi connectivity index (χ4v) is 3.63. The van der Waals surface area contributed by atoms with Gasteiger partial charge in [-0.2, -0.15) is 0 Å². The molecule has 0 fully saturated rings. The summed E-state index contributed by atoms with van der Waals surface area (Å²) in [6.45, 7) is 3.72. The molecule has 0 saturated carbocycles. The van der Waals surface area contributed by atoms with Crippen molar-refractivity contribution in [1.29, 1.82) is 0 Å². The number of primary amides is 1. The third-order valence-corrected chi connectivity index (χ3v) is 6.03. The van der Waals surface area contributed by atoms with Crippen molar-refractivity contribution in [3.63, 3.8) is 0 Å². The van der Waals surface area contributed by atoms with E-state index in [1.54, 1.807) is 37.3 Å². The number of carboxylic acids is 1. The molecule has 5 atom stereocenters. The Labute approximate surface area is 227 Å². The highest BCUT2D eigenvalue weighted by atomic mass is 16.4. The minimum atomic E-state index is -1.26. The van der Waals surface area contributed by atoms with Crippen molar-refractivity contribution in [3.8, 4) is 0 Å². The van der Waals surface area contributed by atoms with Gasteiger partial charge in [0.25, 0.3) is 0 Å². The second-order valence-electron chi connectivity index (χ2n) is 9.25. The first-order valence-corrected chi connectivity index (χ1v) is 12.6. The van der Waals surface area contributed by atoms with Crippen LogP contribution in [0.4, 0.5) is 0 Å². The second kappa shape index (κ2) is 16.6. The summed E-state index contributed by atoms with van der Waals surface area (Å²) in [4.78, 5) is 65.8. The van der Waals surface area contributed by atoms with E-state index in [9.17, 15) is 29.1 Å². The van der Waals surface area contributed by atoms with Crippen LogP contribution in [0.2, 0.25) is 0 Å². The SMILES string of the molecule is CCC(C)C(NC(=O)C(N)CC(N)=O)C(=O)NC(Cc1ccccc1)C(=O)NC(CCCN=C(N)N)C(=O)O. The minimum Gasteiger partial charge on any atom is -0.480 e. The van der Waals surface area contributed by atoms with Crippen molar-refractivity contribution >= 4 is 35.6 Å². The van der Waals surface area contributed by atoms with Crippen LogP contribution >= 0.6 is 0 Å². The number of nitrogens with two attached hydrogens (primary N) is 4. The molecular weight excluding hydrogens is 508 g/mol. The number of aliphatic carboxylic acids is 1. The highest BCUT2D eigenvalue weighted by Gasteiger charge is 2.32. The number of amides is 4. The fraction of sp³-hybridized carbons (Fsp3) is 0.520. The summed E-state index contributed by atoms with van der Waals surface area (Å²) in [5.74, 6) is -4.66. The molecule has 12 N–H and O–H groups in total. The van der Waals surface area contributed by atoms with E-state index >= 15 is 0 Å². The third-order valence-electron chi connectivity index (χ3n) is 6.03. The number of carbonyl (C=O) groups is 5. The Morgan fingerprint density at radius 3 is 2.08 bits per heavy atom. The number of guanidine groups is 1. The molecule has 14 nitrogen and oxygen atoms in total. The summed E-state index contributed by atoms with van der Waals surface area (Å²) in [5, 5.41) is 17.3. The average molecular weight is 549 g/mol. The highest BCUT2D eigenvalue weighted by Crippen LogP contribution is 2.11. The Morgan fingerprint density at radius 1 is 0.923 bits per heavy atom. The minimum absolute atomic E-state index is 0.0488. The molecule has 1 rings (SSSR count). The van der Waals surface area contributed by atoms with Gasteiger partial charge in [0.1, 0.15) is 18.1 Å². The van der Waals surface area contributed by atoms with Crippen molar-refractivity contribution in [2.24, 2.45) is 33.8 Å². The van der Waals surface area contributed by atoms with Gasteiger partial charge in [-0.25, -0.2) is 4.79 Å². The zero-order valence-electron chi connectivity index (χ0n) is 22.3. The van der Waals surface area contributed by atoms with Crippen LogP contribution in [0, 0.1) is 5.92 Å². The van der Waals surface area contributed by atoms with Crippen molar-refractivity contribution in [2.75, 3.05) is 6.54 Å². The first-order valence-electron chi connectivity index (χ1n) is 12.6. The van der Waals surface area contributed by atoms with Gasteiger partial charge in [-0.1, -0.05) is 50.6 Å². The van der Waals surface area contributed by atoms with Crippen LogP contribution in [-0.4, -0.2) is 71.4 Å². The van der Waals surface area contributed by atoms with Crippen LogP contribution < -0.4 is 38.9 Å². The molecule has 4 amide bonds. The molecule has 5 unspecified atom stereocenters. The molecule has 1 aromatic rings. The number of benzene rings is 1. The maximum Gasteiger partial charge on any atom is 0.326 e. The Bertz CT molecular complexity index is 1020. The van der Waals surface area contributed by atoms with Gasteiger partial charge in [-0.05, 0) is 24.3 Å². The van der Waals surface area contributed by atoms with Gasteiger partial charge >= 0.3 is 5.97 Å². The molecule has 0 bridgehead atoms. The molecular formula is C25H40N8O6. The quantitative estimate of drug-likeness (QED) is 0.0611. The molecule has 0 aliphatic carbocycles. The van der Waals surface area contributed by atoms with Crippen LogP contribution in [0.1, 0.15) is 45.1 Å². The van der Waals surface area contributed by atoms with Crippen LogP contribution in [0.25, 0.3) is 0 Å². The molecule has 0 heterocycles. The van der Waals surface area contributed by atoms with Crippen molar-refractivity contribution < 1.29 is 29.1 Å². The fourth-order valence-electron chi connectivity index (χ4n) is 3.63. The molecule has 0 aliphatic rings. The van der Waals surface area contributed by atoms with Crippen LogP contribution in [0.15, 0.2) is 35.3 Å². The molecule has 216 valence electrons. The van der Waals surface area contributed by atoms with E-state index in [1.165, 1.54) is 0 Å². The first kappa shape index (κ1) is 32.8. The van der Waals surface area contributed by atoms with E-state index in [2.05, 4.69) is 20.9 Å². The summed E-state index contributed by atoms with van der Waals surface area (Å²) < 4.78 is 0.